The lowest BCUT2D eigenvalue weighted by Gasteiger charge is -2.31. The summed E-state index contributed by atoms with van der Waals surface area (Å²) in [6.45, 7) is 1.32. The van der Waals surface area contributed by atoms with E-state index in [4.69, 9.17) is 0 Å². The molecule has 1 amide bonds. The van der Waals surface area contributed by atoms with Gasteiger partial charge in [-0.25, -0.2) is 4.68 Å². The Hall–Kier alpha value is -3.21. The van der Waals surface area contributed by atoms with Crippen molar-refractivity contribution in [3.63, 3.8) is 0 Å². The predicted octanol–water partition coefficient (Wildman–Crippen LogP) is 3.93. The Morgan fingerprint density at radius 3 is 2.28 bits per heavy atom. The molecule has 148 valence electrons. The van der Waals surface area contributed by atoms with E-state index in [-0.39, 0.29) is 17.6 Å². The standard InChI is InChI=1S/C24H25N3O2/c28-23(12-11-19-17-25-27(18-19)22-9-5-2-6-10-22)26-15-13-21(14-16-26)24(29)20-7-3-1-4-8-20/h1-10,17-18,21H,11-16H2. The number of aromatic nitrogens is 2. The van der Waals surface area contributed by atoms with E-state index in [1.54, 1.807) is 0 Å². The van der Waals surface area contributed by atoms with E-state index in [2.05, 4.69) is 5.10 Å². The van der Waals surface area contributed by atoms with Crippen LogP contribution in [0, 0.1) is 5.92 Å². The van der Waals surface area contributed by atoms with E-state index in [0.717, 1.165) is 29.7 Å². The first-order valence-electron chi connectivity index (χ1n) is 10.2. The third kappa shape index (κ3) is 4.62. The van der Waals surface area contributed by atoms with Gasteiger partial charge in [-0.15, -0.1) is 0 Å². The average molecular weight is 387 g/mol. The van der Waals surface area contributed by atoms with Gasteiger partial charge in [0.1, 0.15) is 0 Å². The molecule has 0 saturated carbocycles. The summed E-state index contributed by atoms with van der Waals surface area (Å²) in [5.74, 6) is 0.375. The number of aryl methyl sites for hydroxylation is 1. The van der Waals surface area contributed by atoms with Gasteiger partial charge in [0.25, 0.3) is 0 Å². The lowest BCUT2D eigenvalue weighted by molar-refractivity contribution is -0.132. The third-order valence-electron chi connectivity index (χ3n) is 5.56. The quantitative estimate of drug-likeness (QED) is 0.602. The fourth-order valence-corrected chi connectivity index (χ4v) is 3.85. The van der Waals surface area contributed by atoms with Gasteiger partial charge in [0.2, 0.25) is 5.91 Å². The molecule has 1 saturated heterocycles. The summed E-state index contributed by atoms with van der Waals surface area (Å²) in [5, 5.41) is 4.39. The number of rotatable bonds is 6. The molecule has 0 radical (unpaired) electrons. The Bertz CT molecular complexity index is 958. The average Bonchev–Trinajstić information content (AvgIpc) is 3.27. The minimum atomic E-state index is 0.0190. The van der Waals surface area contributed by atoms with E-state index in [1.165, 1.54) is 0 Å². The molecule has 2 heterocycles. The third-order valence-corrected chi connectivity index (χ3v) is 5.56. The summed E-state index contributed by atoms with van der Waals surface area (Å²) in [7, 11) is 0. The van der Waals surface area contributed by atoms with Crippen molar-refractivity contribution in [2.24, 2.45) is 5.92 Å². The molecule has 0 aliphatic carbocycles. The van der Waals surface area contributed by atoms with E-state index < -0.39 is 0 Å². The van der Waals surface area contributed by atoms with Crippen LogP contribution in [0.4, 0.5) is 0 Å². The highest BCUT2D eigenvalue weighted by atomic mass is 16.2. The van der Waals surface area contributed by atoms with Crippen LogP contribution in [0.25, 0.3) is 5.69 Å². The second-order valence-electron chi connectivity index (χ2n) is 7.51. The Balaban J connectivity index is 1.26. The summed E-state index contributed by atoms with van der Waals surface area (Å²) in [5.41, 5.74) is 2.83. The Morgan fingerprint density at radius 2 is 1.59 bits per heavy atom. The molecule has 4 rings (SSSR count). The molecule has 1 aliphatic rings. The van der Waals surface area contributed by atoms with Crippen molar-refractivity contribution in [2.45, 2.75) is 25.7 Å². The molecule has 3 aromatic rings. The fourth-order valence-electron chi connectivity index (χ4n) is 3.85. The van der Waals surface area contributed by atoms with Crippen LogP contribution >= 0.6 is 0 Å². The minimum absolute atomic E-state index is 0.0190. The first-order valence-corrected chi connectivity index (χ1v) is 10.2. The number of carbonyl (C=O) groups is 2. The Labute approximate surface area is 171 Å². The number of ketones is 1. The highest BCUT2D eigenvalue weighted by Crippen LogP contribution is 2.22. The number of piperidine rings is 1. The number of amides is 1. The Kier molecular flexibility index (Phi) is 5.84. The molecule has 1 aliphatic heterocycles. The molecule has 29 heavy (non-hydrogen) atoms. The van der Waals surface area contributed by atoms with Crippen LogP contribution in [0.3, 0.4) is 0 Å². The SMILES string of the molecule is O=C(c1ccccc1)C1CCN(C(=O)CCc2cnn(-c3ccccc3)c2)CC1. The minimum Gasteiger partial charge on any atom is -0.343 e. The van der Waals surface area contributed by atoms with Crippen LogP contribution in [-0.2, 0) is 11.2 Å². The summed E-state index contributed by atoms with van der Waals surface area (Å²) in [6, 6.07) is 19.4. The molecule has 0 spiro atoms. The first kappa shape index (κ1) is 19.1. The van der Waals surface area contributed by atoms with Gasteiger partial charge < -0.3 is 4.90 Å². The van der Waals surface area contributed by atoms with Crippen molar-refractivity contribution in [3.8, 4) is 5.69 Å². The van der Waals surface area contributed by atoms with Gasteiger partial charge in [-0.05, 0) is 37.0 Å². The van der Waals surface area contributed by atoms with E-state index >= 15 is 0 Å². The molecule has 0 bridgehead atoms. The lowest BCUT2D eigenvalue weighted by atomic mass is 9.89. The fraction of sp³-hybridized carbons (Fsp3) is 0.292. The molecule has 2 aromatic carbocycles. The number of nitrogens with zero attached hydrogens (tertiary/aromatic N) is 3. The van der Waals surface area contributed by atoms with Crippen LogP contribution in [0.1, 0.15) is 35.2 Å². The maximum absolute atomic E-state index is 12.6. The van der Waals surface area contributed by atoms with Crippen LogP contribution in [0.15, 0.2) is 73.1 Å². The van der Waals surface area contributed by atoms with Crippen molar-refractivity contribution in [1.82, 2.24) is 14.7 Å². The van der Waals surface area contributed by atoms with Crippen LogP contribution in [-0.4, -0.2) is 39.5 Å². The van der Waals surface area contributed by atoms with E-state index in [0.29, 0.717) is 25.9 Å². The zero-order valence-electron chi connectivity index (χ0n) is 16.4. The molecular formula is C24H25N3O2. The van der Waals surface area contributed by atoms with Crippen molar-refractivity contribution >= 4 is 11.7 Å². The van der Waals surface area contributed by atoms with Gasteiger partial charge in [0.05, 0.1) is 11.9 Å². The second kappa shape index (κ2) is 8.86. The van der Waals surface area contributed by atoms with Crippen molar-refractivity contribution in [1.29, 1.82) is 0 Å². The highest BCUT2D eigenvalue weighted by Gasteiger charge is 2.27. The topological polar surface area (TPSA) is 55.2 Å². The van der Waals surface area contributed by atoms with E-state index in [1.807, 2.05) is 82.6 Å². The maximum Gasteiger partial charge on any atom is 0.222 e. The smallest absolute Gasteiger partial charge is 0.222 e. The monoisotopic (exact) mass is 387 g/mol. The molecule has 0 atom stereocenters. The summed E-state index contributed by atoms with van der Waals surface area (Å²) in [4.78, 5) is 27.1. The summed E-state index contributed by atoms with van der Waals surface area (Å²) >= 11 is 0. The van der Waals surface area contributed by atoms with Gasteiger partial charge in [-0.2, -0.15) is 5.10 Å². The number of likely N-dealkylation sites (tertiary alicyclic amines) is 1. The summed E-state index contributed by atoms with van der Waals surface area (Å²) < 4.78 is 1.83. The molecule has 5 nitrogen and oxygen atoms in total. The molecule has 0 unspecified atom stereocenters. The van der Waals surface area contributed by atoms with Crippen molar-refractivity contribution < 1.29 is 9.59 Å². The number of para-hydroxylation sites is 1. The number of carbonyl (C=O) groups excluding carboxylic acids is 2. The predicted molar refractivity (Wildman–Crippen MR) is 112 cm³/mol. The first-order chi connectivity index (χ1) is 14.2. The van der Waals surface area contributed by atoms with E-state index in [9.17, 15) is 9.59 Å². The van der Waals surface area contributed by atoms with Gasteiger partial charge in [-0.1, -0.05) is 48.5 Å². The summed E-state index contributed by atoms with van der Waals surface area (Å²) in [6.07, 6.45) is 6.43. The molecular weight excluding hydrogens is 362 g/mol. The van der Waals surface area contributed by atoms with Gasteiger partial charge >= 0.3 is 0 Å². The highest BCUT2D eigenvalue weighted by molar-refractivity contribution is 5.98. The zero-order valence-corrected chi connectivity index (χ0v) is 16.4. The molecule has 1 fully saturated rings. The largest absolute Gasteiger partial charge is 0.343 e. The molecule has 5 heteroatoms. The second-order valence-corrected chi connectivity index (χ2v) is 7.51. The van der Waals surface area contributed by atoms with Gasteiger partial charge in [0, 0.05) is 37.2 Å². The van der Waals surface area contributed by atoms with Crippen molar-refractivity contribution in [2.75, 3.05) is 13.1 Å². The number of hydrogen-bond acceptors (Lipinski definition) is 3. The normalized spacial score (nSPS) is 14.7. The van der Waals surface area contributed by atoms with Crippen LogP contribution < -0.4 is 0 Å². The number of hydrogen-bond donors (Lipinski definition) is 0. The molecule has 0 N–H and O–H groups in total. The lowest BCUT2D eigenvalue weighted by Crippen LogP contribution is -2.40. The molecule has 1 aromatic heterocycles. The van der Waals surface area contributed by atoms with Gasteiger partial charge in [-0.3, -0.25) is 9.59 Å². The van der Waals surface area contributed by atoms with Crippen LogP contribution in [0.5, 0.6) is 0 Å². The number of benzene rings is 2. The van der Waals surface area contributed by atoms with Crippen LogP contribution in [0.2, 0.25) is 0 Å². The maximum atomic E-state index is 12.6. The Morgan fingerprint density at radius 1 is 0.931 bits per heavy atom. The number of Topliss-reactive ketones (excluding diaryl/α,β-unsaturated/α-hetero) is 1. The van der Waals surface area contributed by atoms with Crippen molar-refractivity contribution in [3.05, 3.63) is 84.2 Å². The zero-order chi connectivity index (χ0) is 20.1. The van der Waals surface area contributed by atoms with Gasteiger partial charge in [0.15, 0.2) is 5.78 Å².